The van der Waals surface area contributed by atoms with Crippen molar-refractivity contribution < 1.29 is 52.6 Å². The van der Waals surface area contributed by atoms with E-state index in [1.54, 1.807) is 13.2 Å². The number of hydrogen-bond acceptors (Lipinski definition) is 16. The molecule has 0 amide bonds. The summed E-state index contributed by atoms with van der Waals surface area (Å²) in [7, 11) is 5.07. The van der Waals surface area contributed by atoms with E-state index in [-0.39, 0.29) is 36.9 Å². The van der Waals surface area contributed by atoms with Gasteiger partial charge in [0.1, 0.15) is 18.4 Å². The minimum Gasteiger partial charge on any atom is -0.504 e. The van der Waals surface area contributed by atoms with Crippen LogP contribution in [0, 0.1) is 25.2 Å². The topological polar surface area (TPSA) is 178 Å². The number of benzene rings is 3. The highest BCUT2D eigenvalue weighted by atomic mass is 32.2. The van der Waals surface area contributed by atoms with Crippen LogP contribution in [0.5, 0.6) is 40.2 Å². The fourth-order valence-electron chi connectivity index (χ4n) is 12.7. The average molecular weight is 1010 g/mol. The molecule has 2 saturated heterocycles. The van der Waals surface area contributed by atoms with Crippen LogP contribution in [0.4, 0.5) is 0 Å². The van der Waals surface area contributed by atoms with Crippen molar-refractivity contribution in [3.63, 3.8) is 0 Å². The smallest absolute Gasteiger partial charge is 0.331 e. The molecular weight excluding hydrogens is 937 g/mol. The van der Waals surface area contributed by atoms with Gasteiger partial charge in [-0.15, -0.1) is 11.8 Å². The van der Waals surface area contributed by atoms with Crippen molar-refractivity contribution >= 4 is 29.7 Å². The summed E-state index contributed by atoms with van der Waals surface area (Å²) in [6.07, 6.45) is 17.1. The summed E-state index contributed by atoms with van der Waals surface area (Å²) in [5, 5.41) is 26.5. The van der Waals surface area contributed by atoms with Gasteiger partial charge < -0.3 is 38.3 Å². The first-order valence-corrected chi connectivity index (χ1v) is 27.3. The van der Waals surface area contributed by atoms with Gasteiger partial charge in [0, 0.05) is 60.0 Å². The van der Waals surface area contributed by atoms with Gasteiger partial charge in [0.15, 0.2) is 40.0 Å². The first-order valence-electron chi connectivity index (χ1n) is 26.3. The van der Waals surface area contributed by atoms with Crippen molar-refractivity contribution in [3.8, 4) is 46.3 Å². The number of methoxy groups -OCH3 is 2. The summed E-state index contributed by atoms with van der Waals surface area (Å²) >= 11 is 1.49. The van der Waals surface area contributed by atoms with Crippen molar-refractivity contribution in [1.29, 1.82) is 5.26 Å². The lowest BCUT2D eigenvalue weighted by atomic mass is 9.71. The van der Waals surface area contributed by atoms with Gasteiger partial charge in [0.25, 0.3) is 0 Å². The Hall–Kier alpha value is -5.21. The highest BCUT2D eigenvalue weighted by Gasteiger charge is 2.62. The Balaban J connectivity index is 1.04. The normalized spacial score (nSPS) is 24.8. The number of nitriles is 1. The number of phenolic OH excluding ortho intramolecular Hbond substituents is 1. The SMILES string of the molecule is CCCCCCCCCCCCCCCC(=O)Oc1cc2c(cc1OC)[C@@]1(CS[C@@H]3c4c(OC(C)=O)c(C)c5c(c4[C@H](COC1=O)N1C3[C@H]3c4c(cc(C)c(OC)c4O)C[C@@H]([C@@H]1C#N)N3C)OCO5)NCC2. The van der Waals surface area contributed by atoms with Crippen molar-refractivity contribution in [1.82, 2.24) is 15.1 Å². The van der Waals surface area contributed by atoms with Gasteiger partial charge >= 0.3 is 17.9 Å². The zero-order chi connectivity index (χ0) is 50.8. The number of nitrogens with one attached hydrogen (secondary N) is 1. The van der Waals surface area contributed by atoms with Crippen molar-refractivity contribution in [2.24, 2.45) is 0 Å². The number of ether oxygens (including phenoxy) is 7. The number of piperazine rings is 1. The Bertz CT molecular complexity index is 2600. The number of nitrogens with zero attached hydrogens (tertiary/aromatic N) is 3. The van der Waals surface area contributed by atoms with Crippen LogP contribution in [0.1, 0.15) is 166 Å². The Kier molecular flexibility index (Phi) is 15.9. The van der Waals surface area contributed by atoms with Gasteiger partial charge in [0.2, 0.25) is 6.79 Å². The quantitative estimate of drug-likeness (QED) is 0.0698. The molecular formula is C56H72N4O11S. The monoisotopic (exact) mass is 1010 g/mol. The van der Waals surface area contributed by atoms with E-state index in [0.29, 0.717) is 88.1 Å². The number of likely N-dealkylation sites (N-methyl/N-ethyl adjacent to an activating group) is 1. The fraction of sp³-hybridized carbons (Fsp3) is 0.607. The third kappa shape index (κ3) is 9.36. The molecule has 0 radical (unpaired) electrons. The van der Waals surface area contributed by atoms with E-state index < -0.39 is 46.9 Å². The number of esters is 3. The molecule has 3 aromatic rings. The van der Waals surface area contributed by atoms with Gasteiger partial charge in [-0.2, -0.15) is 5.26 Å². The number of fused-ring (bicyclic) bond motifs is 9. The van der Waals surface area contributed by atoms with Gasteiger partial charge in [-0.05, 0) is 74.5 Å². The number of hydrogen-bond donors (Lipinski definition) is 2. The van der Waals surface area contributed by atoms with Crippen LogP contribution in [0.2, 0.25) is 0 Å². The van der Waals surface area contributed by atoms with Crippen LogP contribution in [0.15, 0.2) is 18.2 Å². The van der Waals surface area contributed by atoms with Gasteiger partial charge in [-0.1, -0.05) is 90.0 Å². The predicted molar refractivity (Wildman–Crippen MR) is 272 cm³/mol. The molecule has 0 aliphatic carbocycles. The summed E-state index contributed by atoms with van der Waals surface area (Å²) in [5.74, 6) is 1.02. The molecule has 2 fully saturated rings. The predicted octanol–water partition coefficient (Wildman–Crippen LogP) is 9.67. The average Bonchev–Trinajstić information content (AvgIpc) is 3.86. The molecule has 388 valence electrons. The Morgan fingerprint density at radius 3 is 2.24 bits per heavy atom. The lowest BCUT2D eigenvalue weighted by molar-refractivity contribution is -0.157. The summed E-state index contributed by atoms with van der Waals surface area (Å²) in [4.78, 5) is 46.1. The van der Waals surface area contributed by atoms with Crippen LogP contribution in [0.3, 0.4) is 0 Å². The molecule has 16 heteroatoms. The molecule has 1 spiro atoms. The number of phenols is 1. The van der Waals surface area contributed by atoms with Gasteiger partial charge in [-0.3, -0.25) is 24.7 Å². The number of unbranched alkanes of at least 4 members (excludes halogenated alkanes) is 12. The molecule has 7 aliphatic rings. The molecule has 3 aromatic carbocycles. The summed E-state index contributed by atoms with van der Waals surface area (Å²) in [6.45, 7) is 7.51. The van der Waals surface area contributed by atoms with Crippen molar-refractivity contribution in [3.05, 3.63) is 62.7 Å². The molecule has 4 bridgehead atoms. The number of aryl methyl sites for hydroxylation is 1. The third-order valence-corrected chi connectivity index (χ3v) is 17.6. The van der Waals surface area contributed by atoms with Crippen LogP contribution < -0.4 is 33.7 Å². The molecule has 10 rings (SSSR count). The Labute approximate surface area is 428 Å². The number of rotatable bonds is 18. The number of aromatic hydroxyl groups is 1. The van der Waals surface area contributed by atoms with Crippen LogP contribution in [-0.4, -0.2) is 97.9 Å². The minimum atomic E-state index is -1.41. The number of thioether (sulfide) groups is 1. The zero-order valence-corrected chi connectivity index (χ0v) is 43.9. The van der Waals surface area contributed by atoms with Crippen molar-refractivity contribution in [2.45, 2.75) is 171 Å². The minimum absolute atomic E-state index is 0.0390. The van der Waals surface area contributed by atoms with Crippen molar-refractivity contribution in [2.75, 3.05) is 47.0 Å². The molecule has 7 heterocycles. The Morgan fingerprint density at radius 1 is 0.875 bits per heavy atom. The molecule has 0 aromatic heterocycles. The summed E-state index contributed by atoms with van der Waals surface area (Å²) < 4.78 is 43.0. The summed E-state index contributed by atoms with van der Waals surface area (Å²) in [5.41, 5.74) is 4.37. The Morgan fingerprint density at radius 2 is 1.57 bits per heavy atom. The highest BCUT2D eigenvalue weighted by molar-refractivity contribution is 7.99. The lowest BCUT2D eigenvalue weighted by Crippen LogP contribution is -2.69. The second-order valence-electron chi connectivity index (χ2n) is 20.5. The third-order valence-electron chi connectivity index (χ3n) is 16.1. The zero-order valence-electron chi connectivity index (χ0n) is 43.1. The molecule has 0 saturated carbocycles. The van der Waals surface area contributed by atoms with Gasteiger partial charge in [-0.25, -0.2) is 4.79 Å². The van der Waals surface area contributed by atoms with Crippen LogP contribution in [-0.2, 0) is 37.5 Å². The largest absolute Gasteiger partial charge is 0.504 e. The molecule has 72 heavy (non-hydrogen) atoms. The van der Waals surface area contributed by atoms with Crippen LogP contribution in [0.25, 0.3) is 0 Å². The number of carbonyl (C=O) groups excluding carboxylic acids is 3. The molecule has 7 aliphatic heterocycles. The van der Waals surface area contributed by atoms with E-state index in [1.165, 1.54) is 90.0 Å². The first kappa shape index (κ1) is 51.7. The lowest BCUT2D eigenvalue weighted by Gasteiger charge is -2.62. The van der Waals surface area contributed by atoms with E-state index in [4.69, 9.17) is 33.2 Å². The maximum atomic E-state index is 15.2. The van der Waals surface area contributed by atoms with Crippen LogP contribution >= 0.6 is 11.8 Å². The van der Waals surface area contributed by atoms with E-state index in [1.807, 2.05) is 27.0 Å². The molecule has 2 N–H and O–H groups in total. The second kappa shape index (κ2) is 22.1. The maximum absolute atomic E-state index is 15.2. The van der Waals surface area contributed by atoms with E-state index in [2.05, 4.69) is 34.2 Å². The first-order chi connectivity index (χ1) is 34.9. The number of carbonyl (C=O) groups is 3. The summed E-state index contributed by atoms with van der Waals surface area (Å²) in [6, 6.07) is 5.48. The molecule has 15 nitrogen and oxygen atoms in total. The van der Waals surface area contributed by atoms with E-state index in [9.17, 15) is 20.0 Å². The fourth-order valence-corrected chi connectivity index (χ4v) is 14.4. The standard InChI is InChI=1S/C56H72N4O11S/c1-8-9-10-11-12-13-14-15-16-17-18-19-20-21-43(62)71-42-26-35-22-23-58-56(37(35)27-41(42)65-6)30-72-54-46-45(53-52(68-31-69-53)33(3)51(46)70-34(4)61)40(29-67-55(56)64)60-39(28-57)38-25-36-24-32(2)50(66-7)49(63)44(36)47(48(54)60)59(38)5/h24,26-27,38-40,47-48,54,58,63H,8-23,25,29-31H2,1-7H3/t38-,39-,40-,47+,48?,54+,56+/m0/s1. The highest BCUT2D eigenvalue weighted by Crippen LogP contribution is 2.64. The maximum Gasteiger partial charge on any atom is 0.331 e. The second-order valence-corrected chi connectivity index (χ2v) is 21.7. The molecule has 7 atom stereocenters. The van der Waals surface area contributed by atoms with E-state index in [0.717, 1.165) is 36.0 Å². The van der Waals surface area contributed by atoms with E-state index >= 15 is 4.79 Å². The van der Waals surface area contributed by atoms with Gasteiger partial charge in [0.05, 0.1) is 37.6 Å². The molecule has 1 unspecified atom stereocenters.